The molecule has 13 heavy (non-hydrogen) atoms. The van der Waals surface area contributed by atoms with Gasteiger partial charge in [0.25, 0.3) is 5.82 Å². The summed E-state index contributed by atoms with van der Waals surface area (Å²) >= 11 is 1.000. The first-order valence-corrected chi connectivity index (χ1v) is 4.15. The minimum atomic E-state index is -1.13. The molecule has 0 unspecified atom stereocenters. The molecule has 0 saturated heterocycles. The quantitative estimate of drug-likeness (QED) is 0.787. The highest BCUT2D eigenvalue weighted by molar-refractivity contribution is 7.09. The zero-order chi connectivity index (χ0) is 9.26. The first-order chi connectivity index (χ1) is 6.27. The highest BCUT2D eigenvalue weighted by Crippen LogP contribution is 2.21. The Kier molecular flexibility index (Phi) is 1.82. The first kappa shape index (κ1) is 7.93. The third-order valence-electron chi connectivity index (χ3n) is 1.35. The van der Waals surface area contributed by atoms with Gasteiger partial charge in [0.1, 0.15) is 0 Å². The van der Waals surface area contributed by atoms with Crippen molar-refractivity contribution in [3.63, 3.8) is 0 Å². The van der Waals surface area contributed by atoms with Gasteiger partial charge in [-0.15, -0.1) is 0 Å². The number of rotatable bonds is 2. The largest absolute Gasteiger partial charge is 0.475 e. The molecule has 0 saturated carbocycles. The van der Waals surface area contributed by atoms with E-state index in [1.165, 1.54) is 6.26 Å². The fourth-order valence-corrected chi connectivity index (χ4v) is 1.44. The Bertz CT molecular complexity index is 421. The van der Waals surface area contributed by atoms with Gasteiger partial charge in [0.2, 0.25) is 0 Å². The van der Waals surface area contributed by atoms with Crippen molar-refractivity contribution in [3.05, 3.63) is 24.2 Å². The summed E-state index contributed by atoms with van der Waals surface area (Å²) in [7, 11) is 0. The Labute approximate surface area is 76.8 Å². The molecular formula is C7H4N2O3S. The van der Waals surface area contributed by atoms with Gasteiger partial charge in [0.15, 0.2) is 10.8 Å². The normalized spacial score (nSPS) is 10.2. The second-order valence-corrected chi connectivity index (χ2v) is 2.96. The van der Waals surface area contributed by atoms with Crippen LogP contribution < -0.4 is 0 Å². The van der Waals surface area contributed by atoms with Gasteiger partial charge in [-0.25, -0.2) is 9.78 Å². The van der Waals surface area contributed by atoms with E-state index in [0.29, 0.717) is 10.8 Å². The van der Waals surface area contributed by atoms with E-state index in [1.807, 2.05) is 0 Å². The molecule has 2 heterocycles. The molecule has 2 aromatic rings. The van der Waals surface area contributed by atoms with Crippen LogP contribution in [0.15, 0.2) is 22.8 Å². The van der Waals surface area contributed by atoms with Crippen LogP contribution in [0.2, 0.25) is 0 Å². The van der Waals surface area contributed by atoms with E-state index in [1.54, 1.807) is 12.1 Å². The molecule has 0 fully saturated rings. The van der Waals surface area contributed by atoms with Crippen molar-refractivity contribution in [2.24, 2.45) is 0 Å². The zero-order valence-corrected chi connectivity index (χ0v) is 7.11. The molecule has 0 atom stereocenters. The van der Waals surface area contributed by atoms with Crippen molar-refractivity contribution in [2.45, 2.75) is 0 Å². The van der Waals surface area contributed by atoms with Crippen molar-refractivity contribution >= 4 is 17.5 Å². The standard InChI is InChI=1S/C7H4N2O3S/c10-7(11)5-8-6(13-9-5)4-2-1-3-12-4/h1-3H,(H,10,11). The lowest BCUT2D eigenvalue weighted by molar-refractivity contribution is 0.0685. The Morgan fingerprint density at radius 3 is 3.00 bits per heavy atom. The molecule has 2 aromatic heterocycles. The highest BCUT2D eigenvalue weighted by Gasteiger charge is 2.13. The maximum atomic E-state index is 10.4. The molecule has 0 aromatic carbocycles. The van der Waals surface area contributed by atoms with Crippen molar-refractivity contribution < 1.29 is 14.3 Å². The third kappa shape index (κ3) is 1.43. The zero-order valence-electron chi connectivity index (χ0n) is 6.30. The van der Waals surface area contributed by atoms with Gasteiger partial charge in [-0.2, -0.15) is 4.37 Å². The lowest BCUT2D eigenvalue weighted by Crippen LogP contribution is -1.97. The molecule has 66 valence electrons. The number of carbonyl (C=O) groups is 1. The molecule has 0 aliphatic heterocycles. The van der Waals surface area contributed by atoms with Gasteiger partial charge < -0.3 is 9.52 Å². The molecule has 0 spiro atoms. The number of carboxylic acid groups (broad SMARTS) is 1. The van der Waals surface area contributed by atoms with Crippen molar-refractivity contribution in [1.29, 1.82) is 0 Å². The van der Waals surface area contributed by atoms with Crippen LogP contribution in [-0.2, 0) is 0 Å². The van der Waals surface area contributed by atoms with Gasteiger partial charge >= 0.3 is 5.97 Å². The predicted molar refractivity (Wildman–Crippen MR) is 44.6 cm³/mol. The van der Waals surface area contributed by atoms with Gasteiger partial charge in [-0.05, 0) is 23.7 Å². The molecule has 2 rings (SSSR count). The van der Waals surface area contributed by atoms with Gasteiger partial charge in [-0.1, -0.05) is 0 Å². The first-order valence-electron chi connectivity index (χ1n) is 3.38. The summed E-state index contributed by atoms with van der Waals surface area (Å²) in [4.78, 5) is 14.2. The average Bonchev–Trinajstić information content (AvgIpc) is 2.75. The van der Waals surface area contributed by atoms with Crippen molar-refractivity contribution in [1.82, 2.24) is 9.36 Å². The summed E-state index contributed by atoms with van der Waals surface area (Å²) < 4.78 is 8.67. The number of aromatic carboxylic acids is 1. The maximum Gasteiger partial charge on any atom is 0.375 e. The van der Waals surface area contributed by atoms with Crippen LogP contribution in [0.3, 0.4) is 0 Å². The van der Waals surface area contributed by atoms with Gasteiger partial charge in [0.05, 0.1) is 6.26 Å². The Balaban J connectivity index is 2.39. The summed E-state index contributed by atoms with van der Waals surface area (Å²) in [6.45, 7) is 0. The summed E-state index contributed by atoms with van der Waals surface area (Å²) in [5.74, 6) is -0.796. The van der Waals surface area contributed by atoms with E-state index in [9.17, 15) is 4.79 Å². The Hall–Kier alpha value is -1.69. The minimum absolute atomic E-state index is 0.198. The lowest BCUT2D eigenvalue weighted by atomic mass is 10.5. The number of carboxylic acids is 1. The molecular weight excluding hydrogens is 192 g/mol. The Morgan fingerprint density at radius 1 is 1.62 bits per heavy atom. The van der Waals surface area contributed by atoms with E-state index in [4.69, 9.17) is 9.52 Å². The number of hydrogen-bond donors (Lipinski definition) is 1. The van der Waals surface area contributed by atoms with E-state index in [-0.39, 0.29) is 5.82 Å². The number of hydrogen-bond acceptors (Lipinski definition) is 5. The summed E-state index contributed by atoms with van der Waals surface area (Å²) in [5.41, 5.74) is 0. The van der Waals surface area contributed by atoms with Crippen LogP contribution >= 0.6 is 11.5 Å². The summed E-state index contributed by atoms with van der Waals surface area (Å²) in [6.07, 6.45) is 1.50. The smallest absolute Gasteiger partial charge is 0.375 e. The molecule has 1 N–H and O–H groups in total. The van der Waals surface area contributed by atoms with Gasteiger partial charge in [0, 0.05) is 0 Å². The van der Waals surface area contributed by atoms with E-state index < -0.39 is 5.97 Å². The van der Waals surface area contributed by atoms with E-state index in [0.717, 1.165) is 11.5 Å². The molecule has 5 nitrogen and oxygen atoms in total. The fraction of sp³-hybridized carbons (Fsp3) is 0. The van der Waals surface area contributed by atoms with Crippen LogP contribution in [-0.4, -0.2) is 20.4 Å². The SMILES string of the molecule is O=C(O)c1nsc(-c2ccco2)n1. The number of aromatic nitrogens is 2. The van der Waals surface area contributed by atoms with Crippen LogP contribution in [0.25, 0.3) is 10.8 Å². The fourth-order valence-electron chi connectivity index (χ4n) is 0.811. The van der Waals surface area contributed by atoms with E-state index in [2.05, 4.69) is 9.36 Å². The molecule has 0 bridgehead atoms. The lowest BCUT2D eigenvalue weighted by Gasteiger charge is -1.83. The topological polar surface area (TPSA) is 76.2 Å². The molecule has 0 aliphatic rings. The average molecular weight is 196 g/mol. The summed E-state index contributed by atoms with van der Waals surface area (Å²) in [5, 5.41) is 9.02. The monoisotopic (exact) mass is 196 g/mol. The van der Waals surface area contributed by atoms with Gasteiger partial charge in [-0.3, -0.25) is 0 Å². The number of furan rings is 1. The summed E-state index contributed by atoms with van der Waals surface area (Å²) in [6, 6.07) is 3.41. The van der Waals surface area contributed by atoms with Crippen molar-refractivity contribution in [3.8, 4) is 10.8 Å². The van der Waals surface area contributed by atoms with Crippen molar-refractivity contribution in [2.75, 3.05) is 0 Å². The maximum absolute atomic E-state index is 10.4. The second-order valence-electron chi connectivity index (χ2n) is 2.21. The minimum Gasteiger partial charge on any atom is -0.475 e. The van der Waals surface area contributed by atoms with Crippen LogP contribution in [0, 0.1) is 0 Å². The number of nitrogens with zero attached hydrogens (tertiary/aromatic N) is 2. The third-order valence-corrected chi connectivity index (χ3v) is 2.08. The van der Waals surface area contributed by atoms with Crippen LogP contribution in [0.1, 0.15) is 10.6 Å². The highest BCUT2D eigenvalue weighted by atomic mass is 32.1. The van der Waals surface area contributed by atoms with Crippen LogP contribution in [0.5, 0.6) is 0 Å². The predicted octanol–water partition coefficient (Wildman–Crippen LogP) is 1.50. The molecule has 0 radical (unpaired) electrons. The second kappa shape index (κ2) is 2.98. The Morgan fingerprint density at radius 2 is 2.46 bits per heavy atom. The molecule has 6 heteroatoms. The molecule has 0 aliphatic carbocycles. The van der Waals surface area contributed by atoms with E-state index >= 15 is 0 Å². The van der Waals surface area contributed by atoms with Crippen LogP contribution in [0.4, 0.5) is 0 Å². The molecule has 0 amide bonds.